The van der Waals surface area contributed by atoms with Gasteiger partial charge in [0.05, 0.1) is 3.79 Å². The molecule has 0 saturated carbocycles. The van der Waals surface area contributed by atoms with E-state index in [-0.39, 0.29) is 11.9 Å². The van der Waals surface area contributed by atoms with Gasteiger partial charge < -0.3 is 16.4 Å². The highest BCUT2D eigenvalue weighted by molar-refractivity contribution is 9.11. The molecule has 12 heteroatoms. The first-order chi connectivity index (χ1) is 11.4. The summed E-state index contributed by atoms with van der Waals surface area (Å²) in [5.74, 6) is 0.474. The first-order valence-corrected chi connectivity index (χ1v) is 10.2. The third-order valence-corrected chi connectivity index (χ3v) is 7.53. The van der Waals surface area contributed by atoms with Crippen molar-refractivity contribution in [1.82, 2.24) is 19.3 Å². The van der Waals surface area contributed by atoms with E-state index >= 15 is 0 Å². The first-order valence-electron chi connectivity index (χ1n) is 7.14. The third kappa shape index (κ3) is 3.61. The Balaban J connectivity index is 1.78. The normalized spacial score (nSPS) is 17.0. The Morgan fingerprint density at radius 1 is 1.04 bits per heavy atom. The van der Waals surface area contributed by atoms with Crippen molar-refractivity contribution in [3.63, 3.8) is 0 Å². The molecule has 2 aromatic rings. The van der Waals surface area contributed by atoms with Crippen molar-refractivity contribution < 1.29 is 8.42 Å². The van der Waals surface area contributed by atoms with Crippen molar-refractivity contribution in [3.8, 4) is 0 Å². The summed E-state index contributed by atoms with van der Waals surface area (Å²) in [7, 11) is -3.49. The van der Waals surface area contributed by atoms with Crippen molar-refractivity contribution in [1.29, 1.82) is 0 Å². The maximum Gasteiger partial charge on any atom is 0.252 e. The van der Waals surface area contributed by atoms with Gasteiger partial charge in [0.15, 0.2) is 0 Å². The molecule has 1 saturated heterocycles. The summed E-state index contributed by atoms with van der Waals surface area (Å²) in [4.78, 5) is 13.8. The molecule has 2 aromatic heterocycles. The van der Waals surface area contributed by atoms with Gasteiger partial charge in [0.1, 0.15) is 4.21 Å². The summed E-state index contributed by atoms with van der Waals surface area (Å²) in [5.41, 5.74) is 11.2. The molecule has 0 radical (unpaired) electrons. The van der Waals surface area contributed by atoms with E-state index in [0.29, 0.717) is 42.8 Å². The number of aromatic nitrogens is 3. The predicted octanol–water partition coefficient (Wildman–Crippen LogP) is 0.761. The van der Waals surface area contributed by atoms with E-state index in [1.165, 1.54) is 15.6 Å². The molecule has 0 atom stereocenters. The maximum absolute atomic E-state index is 12.7. The lowest BCUT2D eigenvalue weighted by Gasteiger charge is -2.21. The summed E-state index contributed by atoms with van der Waals surface area (Å²) in [5, 5.41) is 0. The number of nitrogen functional groups attached to an aromatic ring is 2. The van der Waals surface area contributed by atoms with Crippen LogP contribution in [0.3, 0.4) is 0 Å². The van der Waals surface area contributed by atoms with Crippen LogP contribution in [0, 0.1) is 0 Å². The lowest BCUT2D eigenvalue weighted by atomic mass is 10.4. The SMILES string of the molecule is Nc1nc(N)nc(N2CCCN(S(=O)(=O)c3ccc(Br)s3)CC2)n1. The molecule has 0 amide bonds. The van der Waals surface area contributed by atoms with E-state index in [4.69, 9.17) is 11.5 Å². The minimum absolute atomic E-state index is 0.0506. The Bertz CT molecular complexity index is 821. The lowest BCUT2D eigenvalue weighted by Crippen LogP contribution is -2.35. The summed E-state index contributed by atoms with van der Waals surface area (Å²) in [6.45, 7) is 1.84. The van der Waals surface area contributed by atoms with Crippen LogP contribution in [0.1, 0.15) is 6.42 Å². The van der Waals surface area contributed by atoms with E-state index in [0.717, 1.165) is 3.79 Å². The fraction of sp³-hybridized carbons (Fsp3) is 0.417. The second-order valence-electron chi connectivity index (χ2n) is 5.16. The zero-order valence-electron chi connectivity index (χ0n) is 12.6. The number of thiophene rings is 1. The molecular formula is C12H16BrN7O2S2. The summed E-state index contributed by atoms with van der Waals surface area (Å²) in [6.07, 6.45) is 0.650. The van der Waals surface area contributed by atoms with Crippen molar-refractivity contribution >= 4 is 55.1 Å². The second kappa shape index (κ2) is 6.78. The molecule has 24 heavy (non-hydrogen) atoms. The molecule has 0 bridgehead atoms. The zero-order chi connectivity index (χ0) is 17.3. The highest BCUT2D eigenvalue weighted by Gasteiger charge is 2.28. The molecule has 0 aliphatic carbocycles. The van der Waals surface area contributed by atoms with Gasteiger partial charge >= 0.3 is 0 Å². The van der Waals surface area contributed by atoms with Crippen LogP contribution in [0.4, 0.5) is 17.8 Å². The van der Waals surface area contributed by atoms with Crippen LogP contribution in [0.5, 0.6) is 0 Å². The summed E-state index contributed by atoms with van der Waals surface area (Å²) in [6, 6.07) is 3.35. The van der Waals surface area contributed by atoms with E-state index in [1.807, 2.05) is 4.90 Å². The molecule has 1 fully saturated rings. The van der Waals surface area contributed by atoms with Gasteiger partial charge in [0.25, 0.3) is 10.0 Å². The molecule has 0 aromatic carbocycles. The molecule has 0 unspecified atom stereocenters. The largest absolute Gasteiger partial charge is 0.368 e. The number of nitrogens with zero attached hydrogens (tertiary/aromatic N) is 5. The topological polar surface area (TPSA) is 131 Å². The Morgan fingerprint density at radius 3 is 2.38 bits per heavy atom. The van der Waals surface area contributed by atoms with Gasteiger partial charge in [-0.1, -0.05) is 0 Å². The van der Waals surface area contributed by atoms with Crippen LogP contribution in [-0.2, 0) is 10.0 Å². The van der Waals surface area contributed by atoms with E-state index in [1.54, 1.807) is 12.1 Å². The minimum atomic E-state index is -3.49. The molecule has 1 aliphatic rings. The number of sulfonamides is 1. The van der Waals surface area contributed by atoms with Gasteiger partial charge in [-0.05, 0) is 34.5 Å². The molecule has 3 heterocycles. The standard InChI is InChI=1S/C12H16BrN7O2S2/c13-8-2-3-9(23-8)24(21,22)20-5-1-4-19(6-7-20)12-17-10(14)16-11(15)18-12/h2-3H,1,4-7H2,(H4,14,15,16,17,18). The number of halogens is 1. The van der Waals surface area contributed by atoms with Crippen LogP contribution in [0.25, 0.3) is 0 Å². The number of rotatable bonds is 3. The Hall–Kier alpha value is -1.50. The predicted molar refractivity (Wildman–Crippen MR) is 96.3 cm³/mol. The van der Waals surface area contributed by atoms with Crippen molar-refractivity contribution in [3.05, 3.63) is 15.9 Å². The zero-order valence-corrected chi connectivity index (χ0v) is 15.8. The molecule has 0 spiro atoms. The van der Waals surface area contributed by atoms with Gasteiger partial charge in [0, 0.05) is 26.2 Å². The number of anilines is 3. The monoisotopic (exact) mass is 433 g/mol. The van der Waals surface area contributed by atoms with Gasteiger partial charge in [-0.15, -0.1) is 11.3 Å². The Labute approximate surface area is 151 Å². The third-order valence-electron chi connectivity index (χ3n) is 3.54. The van der Waals surface area contributed by atoms with E-state index in [9.17, 15) is 8.42 Å². The first kappa shape index (κ1) is 17.3. The molecule has 4 N–H and O–H groups in total. The maximum atomic E-state index is 12.7. The smallest absolute Gasteiger partial charge is 0.252 e. The fourth-order valence-corrected chi connectivity index (χ4v) is 6.07. The van der Waals surface area contributed by atoms with E-state index < -0.39 is 10.0 Å². The highest BCUT2D eigenvalue weighted by atomic mass is 79.9. The summed E-state index contributed by atoms with van der Waals surface area (Å²) < 4.78 is 28.0. The van der Waals surface area contributed by atoms with Crippen molar-refractivity contribution in [2.45, 2.75) is 10.6 Å². The molecule has 9 nitrogen and oxygen atoms in total. The lowest BCUT2D eigenvalue weighted by molar-refractivity contribution is 0.434. The number of hydrogen-bond acceptors (Lipinski definition) is 9. The van der Waals surface area contributed by atoms with Crippen LogP contribution in [0.15, 0.2) is 20.1 Å². The van der Waals surface area contributed by atoms with Crippen LogP contribution >= 0.6 is 27.3 Å². The number of nitrogens with two attached hydrogens (primary N) is 2. The van der Waals surface area contributed by atoms with Gasteiger partial charge in [-0.3, -0.25) is 0 Å². The quantitative estimate of drug-likeness (QED) is 0.724. The van der Waals surface area contributed by atoms with Crippen LogP contribution < -0.4 is 16.4 Å². The minimum Gasteiger partial charge on any atom is -0.368 e. The Kier molecular flexibility index (Phi) is 4.90. The highest BCUT2D eigenvalue weighted by Crippen LogP contribution is 2.29. The van der Waals surface area contributed by atoms with Crippen molar-refractivity contribution in [2.24, 2.45) is 0 Å². The van der Waals surface area contributed by atoms with Gasteiger partial charge in [-0.2, -0.15) is 19.3 Å². The molecular weight excluding hydrogens is 418 g/mol. The van der Waals surface area contributed by atoms with E-state index in [2.05, 4.69) is 30.9 Å². The second-order valence-corrected chi connectivity index (χ2v) is 9.78. The Morgan fingerprint density at radius 2 is 1.75 bits per heavy atom. The average molecular weight is 434 g/mol. The van der Waals surface area contributed by atoms with Crippen LogP contribution in [0.2, 0.25) is 0 Å². The van der Waals surface area contributed by atoms with Crippen molar-refractivity contribution in [2.75, 3.05) is 42.5 Å². The molecule has 3 rings (SSSR count). The average Bonchev–Trinajstić information content (AvgIpc) is 2.81. The number of hydrogen-bond donors (Lipinski definition) is 2. The summed E-state index contributed by atoms with van der Waals surface area (Å²) >= 11 is 4.50. The molecule has 130 valence electrons. The van der Waals surface area contributed by atoms with Gasteiger partial charge in [0.2, 0.25) is 17.8 Å². The fourth-order valence-electron chi connectivity index (χ4n) is 2.44. The van der Waals surface area contributed by atoms with Gasteiger partial charge in [-0.25, -0.2) is 8.42 Å². The molecule has 1 aliphatic heterocycles. The van der Waals surface area contributed by atoms with Crippen LogP contribution in [-0.4, -0.2) is 53.9 Å².